The topological polar surface area (TPSA) is 41.6 Å². The molecular weight excluding hydrogens is 150 g/mol. The molecule has 1 rings (SSSR count). The molecule has 1 fully saturated rings. The third-order valence-electron chi connectivity index (χ3n) is 2.45. The third-order valence-corrected chi connectivity index (χ3v) is 2.45. The highest BCUT2D eigenvalue weighted by atomic mass is 15.2. The first-order valence-electron chi connectivity index (χ1n) is 4.25. The van der Waals surface area contributed by atoms with Crippen LogP contribution in [0.1, 0.15) is 19.8 Å². The van der Waals surface area contributed by atoms with E-state index in [2.05, 4.69) is 30.1 Å². The molecule has 1 aliphatic heterocycles. The average Bonchev–Trinajstić information content (AvgIpc) is 2.03. The van der Waals surface area contributed by atoms with Crippen molar-refractivity contribution < 1.29 is 0 Å². The number of piperidine rings is 1. The van der Waals surface area contributed by atoms with Gasteiger partial charge in [-0.2, -0.15) is 0 Å². The van der Waals surface area contributed by atoms with Gasteiger partial charge in [0.25, 0.3) is 0 Å². The zero-order valence-electron chi connectivity index (χ0n) is 7.71. The van der Waals surface area contributed by atoms with Crippen molar-refractivity contribution in [1.82, 2.24) is 4.90 Å². The monoisotopic (exact) mass is 167 g/mol. The van der Waals surface area contributed by atoms with E-state index in [1.54, 1.807) is 0 Å². The number of rotatable bonds is 2. The van der Waals surface area contributed by atoms with Gasteiger partial charge in [0.15, 0.2) is 0 Å². The van der Waals surface area contributed by atoms with Crippen LogP contribution in [0, 0.1) is 0 Å². The Morgan fingerprint density at radius 3 is 2.42 bits per heavy atom. The maximum absolute atomic E-state index is 5.98. The van der Waals surface area contributed by atoms with Crippen molar-refractivity contribution in [1.29, 1.82) is 0 Å². The van der Waals surface area contributed by atoms with Crippen LogP contribution in [-0.4, -0.2) is 30.2 Å². The van der Waals surface area contributed by atoms with Crippen molar-refractivity contribution in [3.8, 4) is 0 Å². The molecule has 2 N–H and O–H groups in total. The normalized spacial score (nSPS) is 22.0. The lowest BCUT2D eigenvalue weighted by atomic mass is 9.91. The van der Waals surface area contributed by atoms with Crippen molar-refractivity contribution in [3.63, 3.8) is 0 Å². The van der Waals surface area contributed by atoms with Crippen molar-refractivity contribution in [2.45, 2.75) is 25.3 Å². The van der Waals surface area contributed by atoms with Gasteiger partial charge in [0.05, 0.1) is 0 Å². The minimum atomic E-state index is -0.00203. The van der Waals surface area contributed by atoms with Crippen LogP contribution in [0.3, 0.4) is 0 Å². The Morgan fingerprint density at radius 1 is 1.50 bits per heavy atom. The van der Waals surface area contributed by atoms with E-state index in [1.807, 2.05) is 0 Å². The highest BCUT2D eigenvalue weighted by molar-refractivity contribution is 5.27. The summed E-state index contributed by atoms with van der Waals surface area (Å²) in [5.74, 6) is 0.769. The van der Waals surface area contributed by atoms with Gasteiger partial charge in [-0.15, -0.1) is 0 Å². The highest BCUT2D eigenvalue weighted by Crippen LogP contribution is 2.21. The Labute approximate surface area is 74.0 Å². The van der Waals surface area contributed by atoms with Gasteiger partial charge in [0.2, 0.25) is 0 Å². The molecule has 0 aromatic rings. The summed E-state index contributed by atoms with van der Waals surface area (Å²) >= 11 is 0. The summed E-state index contributed by atoms with van der Waals surface area (Å²) in [6.07, 6.45) is 2.00. The number of aliphatic imine (C=N–C) groups is 1. The zero-order chi connectivity index (χ0) is 9.19. The Balaban J connectivity index is 2.46. The van der Waals surface area contributed by atoms with Crippen LogP contribution in [0.2, 0.25) is 0 Å². The molecule has 1 heterocycles. The lowest BCUT2D eigenvalue weighted by Gasteiger charge is -2.37. The fraction of sp³-hybridized carbons (Fsp3) is 0.667. The molecule has 1 saturated heterocycles. The molecule has 0 aromatic heterocycles. The Hall–Kier alpha value is -0.830. The second-order valence-electron chi connectivity index (χ2n) is 3.72. The molecule has 1 aliphatic rings. The smallest absolute Gasteiger partial charge is 0.120 e. The van der Waals surface area contributed by atoms with Crippen molar-refractivity contribution in [2.24, 2.45) is 10.7 Å². The third kappa shape index (κ3) is 2.08. The second-order valence-corrected chi connectivity index (χ2v) is 3.72. The fourth-order valence-electron chi connectivity index (χ4n) is 1.38. The lowest BCUT2D eigenvalue weighted by Crippen LogP contribution is -2.47. The first kappa shape index (κ1) is 9.26. The molecular formula is C9H17N3. The summed E-state index contributed by atoms with van der Waals surface area (Å²) in [7, 11) is 0. The second kappa shape index (κ2) is 3.27. The first-order valence-corrected chi connectivity index (χ1v) is 4.25. The molecule has 0 saturated carbocycles. The largest absolute Gasteiger partial charge is 0.357 e. The van der Waals surface area contributed by atoms with E-state index >= 15 is 0 Å². The highest BCUT2D eigenvalue weighted by Gasteiger charge is 2.25. The van der Waals surface area contributed by atoms with Gasteiger partial charge < -0.3 is 10.6 Å². The van der Waals surface area contributed by atoms with E-state index in [1.165, 1.54) is 0 Å². The quantitative estimate of drug-likeness (QED) is 0.623. The molecule has 68 valence electrons. The summed E-state index contributed by atoms with van der Waals surface area (Å²) in [6, 6.07) is 0. The summed E-state index contributed by atoms with van der Waals surface area (Å²) in [4.78, 5) is 5.93. The van der Waals surface area contributed by atoms with Gasteiger partial charge in [0.1, 0.15) is 5.82 Å². The summed E-state index contributed by atoms with van der Waals surface area (Å²) in [5, 5.41) is 0. The Morgan fingerprint density at radius 2 is 2.00 bits per heavy atom. The number of nitrogens with zero attached hydrogens (tertiary/aromatic N) is 2. The van der Waals surface area contributed by atoms with Crippen molar-refractivity contribution in [3.05, 3.63) is 12.4 Å². The van der Waals surface area contributed by atoms with Gasteiger partial charge in [-0.25, -0.2) is 4.99 Å². The average molecular weight is 167 g/mol. The maximum atomic E-state index is 5.98. The van der Waals surface area contributed by atoms with E-state index < -0.39 is 0 Å². The Bertz CT molecular complexity index is 186. The van der Waals surface area contributed by atoms with Gasteiger partial charge in [-0.05, 0) is 26.5 Å². The lowest BCUT2D eigenvalue weighted by molar-refractivity contribution is 0.209. The summed E-state index contributed by atoms with van der Waals surface area (Å²) < 4.78 is 0. The van der Waals surface area contributed by atoms with E-state index in [0.717, 1.165) is 31.8 Å². The molecule has 0 unspecified atom stereocenters. The van der Waals surface area contributed by atoms with Crippen molar-refractivity contribution in [2.75, 3.05) is 13.1 Å². The molecule has 3 heteroatoms. The number of likely N-dealkylation sites (tertiary alicyclic amines) is 1. The van der Waals surface area contributed by atoms with Crippen LogP contribution in [0.15, 0.2) is 17.4 Å². The van der Waals surface area contributed by atoms with Crippen LogP contribution in [0.25, 0.3) is 0 Å². The van der Waals surface area contributed by atoms with E-state index in [4.69, 9.17) is 5.73 Å². The first-order chi connectivity index (χ1) is 5.55. The fourth-order valence-corrected chi connectivity index (χ4v) is 1.38. The number of hydrogen-bond acceptors (Lipinski definition) is 3. The molecule has 3 nitrogen and oxygen atoms in total. The van der Waals surface area contributed by atoms with Gasteiger partial charge in [0, 0.05) is 18.6 Å². The molecule has 0 amide bonds. The van der Waals surface area contributed by atoms with E-state index in [-0.39, 0.29) is 5.54 Å². The minimum absolute atomic E-state index is 0.00203. The molecule has 0 aliphatic carbocycles. The summed E-state index contributed by atoms with van der Waals surface area (Å²) in [5.41, 5.74) is 5.98. The van der Waals surface area contributed by atoms with Crippen LogP contribution in [0.5, 0.6) is 0 Å². The van der Waals surface area contributed by atoms with Crippen molar-refractivity contribution >= 4 is 6.72 Å². The number of hydrogen-bond donors (Lipinski definition) is 1. The predicted molar refractivity (Wildman–Crippen MR) is 52.1 cm³/mol. The maximum Gasteiger partial charge on any atom is 0.120 e. The van der Waals surface area contributed by atoms with Gasteiger partial charge >= 0.3 is 0 Å². The van der Waals surface area contributed by atoms with E-state index in [0.29, 0.717) is 0 Å². The molecule has 0 atom stereocenters. The summed E-state index contributed by atoms with van der Waals surface area (Å²) in [6.45, 7) is 11.2. The predicted octanol–water partition coefficient (Wildman–Crippen LogP) is 0.971. The van der Waals surface area contributed by atoms with Crippen LogP contribution >= 0.6 is 0 Å². The standard InChI is InChI=1S/C9H17N3/c1-8(11-3)12-6-4-9(2,10)5-7-12/h1,3-7,10H2,2H3. The minimum Gasteiger partial charge on any atom is -0.357 e. The zero-order valence-corrected chi connectivity index (χ0v) is 7.71. The van der Waals surface area contributed by atoms with E-state index in [9.17, 15) is 0 Å². The van der Waals surface area contributed by atoms with Gasteiger partial charge in [-0.1, -0.05) is 6.58 Å². The van der Waals surface area contributed by atoms with Crippen LogP contribution in [0.4, 0.5) is 0 Å². The molecule has 0 aromatic carbocycles. The van der Waals surface area contributed by atoms with Gasteiger partial charge in [-0.3, -0.25) is 0 Å². The molecule has 0 radical (unpaired) electrons. The molecule has 0 bridgehead atoms. The SMILES string of the molecule is C=NC(=C)N1CCC(C)(N)CC1. The molecule has 12 heavy (non-hydrogen) atoms. The van der Waals surface area contributed by atoms with Crippen LogP contribution in [-0.2, 0) is 0 Å². The Kier molecular flexibility index (Phi) is 2.52. The molecule has 0 spiro atoms. The number of nitrogens with two attached hydrogens (primary N) is 1. The van der Waals surface area contributed by atoms with Crippen LogP contribution < -0.4 is 5.73 Å².